The molecule has 7 heteroatoms. The number of carbonyl (C=O) groups excluding carboxylic acids is 2. The zero-order valence-electron chi connectivity index (χ0n) is 14.4. The van der Waals surface area contributed by atoms with Crippen LogP contribution in [0.3, 0.4) is 0 Å². The van der Waals surface area contributed by atoms with E-state index in [4.69, 9.17) is 9.26 Å². The standard InChI is InChI=1S/C17H21N3O4/c1-10(14-19-16(20-24-14)17(3,4)5)23-15(22)12-7-6-8-13(9-12)18-11(2)21/h6-10H,1-5H3,(H,18,21)/t10-/m1/s1. The van der Waals surface area contributed by atoms with E-state index in [9.17, 15) is 9.59 Å². The van der Waals surface area contributed by atoms with Crippen LogP contribution in [0.25, 0.3) is 0 Å². The fourth-order valence-electron chi connectivity index (χ4n) is 1.91. The van der Waals surface area contributed by atoms with Crippen molar-refractivity contribution in [2.24, 2.45) is 0 Å². The largest absolute Gasteiger partial charge is 0.449 e. The van der Waals surface area contributed by atoms with Crippen molar-refractivity contribution in [1.82, 2.24) is 10.1 Å². The van der Waals surface area contributed by atoms with E-state index in [2.05, 4.69) is 15.5 Å². The second-order valence-corrected chi connectivity index (χ2v) is 6.52. The first kappa shape index (κ1) is 17.7. The average molecular weight is 331 g/mol. The van der Waals surface area contributed by atoms with Crippen LogP contribution in [0, 0.1) is 0 Å². The van der Waals surface area contributed by atoms with Gasteiger partial charge in [-0.1, -0.05) is 32.0 Å². The summed E-state index contributed by atoms with van der Waals surface area (Å²) in [6.45, 7) is 8.95. The van der Waals surface area contributed by atoms with E-state index in [1.54, 1.807) is 31.2 Å². The Hall–Kier alpha value is -2.70. The summed E-state index contributed by atoms with van der Waals surface area (Å²) in [5, 5.41) is 6.53. The first-order valence-corrected chi connectivity index (χ1v) is 7.59. The van der Waals surface area contributed by atoms with Gasteiger partial charge in [-0.05, 0) is 25.1 Å². The summed E-state index contributed by atoms with van der Waals surface area (Å²) in [6, 6.07) is 6.51. The summed E-state index contributed by atoms with van der Waals surface area (Å²) in [7, 11) is 0. The predicted octanol–water partition coefficient (Wildman–Crippen LogP) is 3.24. The van der Waals surface area contributed by atoms with E-state index in [1.807, 2.05) is 20.8 Å². The summed E-state index contributed by atoms with van der Waals surface area (Å²) in [5.41, 5.74) is 0.596. The van der Waals surface area contributed by atoms with Gasteiger partial charge in [0.2, 0.25) is 5.91 Å². The van der Waals surface area contributed by atoms with Crippen LogP contribution in [0.1, 0.15) is 62.8 Å². The summed E-state index contributed by atoms with van der Waals surface area (Å²) < 4.78 is 10.5. The molecule has 0 spiro atoms. The number of rotatable bonds is 4. The van der Waals surface area contributed by atoms with Gasteiger partial charge in [-0.15, -0.1) is 0 Å². The van der Waals surface area contributed by atoms with Crippen molar-refractivity contribution in [1.29, 1.82) is 0 Å². The highest BCUT2D eigenvalue weighted by molar-refractivity contribution is 5.93. The first-order valence-electron chi connectivity index (χ1n) is 7.59. The van der Waals surface area contributed by atoms with Gasteiger partial charge in [-0.3, -0.25) is 4.79 Å². The van der Waals surface area contributed by atoms with Crippen LogP contribution in [0.4, 0.5) is 5.69 Å². The minimum atomic E-state index is -0.675. The highest BCUT2D eigenvalue weighted by Gasteiger charge is 2.25. The molecule has 2 rings (SSSR count). The highest BCUT2D eigenvalue weighted by Crippen LogP contribution is 2.23. The van der Waals surface area contributed by atoms with Crippen LogP contribution >= 0.6 is 0 Å². The van der Waals surface area contributed by atoms with Crippen molar-refractivity contribution in [3.63, 3.8) is 0 Å². The van der Waals surface area contributed by atoms with E-state index < -0.39 is 12.1 Å². The van der Waals surface area contributed by atoms with Gasteiger partial charge in [0, 0.05) is 18.0 Å². The van der Waals surface area contributed by atoms with Gasteiger partial charge in [0.05, 0.1) is 5.56 Å². The molecular formula is C17H21N3O4. The fourth-order valence-corrected chi connectivity index (χ4v) is 1.91. The first-order chi connectivity index (χ1) is 11.2. The number of anilines is 1. The van der Waals surface area contributed by atoms with Crippen LogP contribution in [0.5, 0.6) is 0 Å². The number of amides is 1. The lowest BCUT2D eigenvalue weighted by Gasteiger charge is -2.12. The highest BCUT2D eigenvalue weighted by atomic mass is 16.6. The third-order valence-electron chi connectivity index (χ3n) is 3.16. The van der Waals surface area contributed by atoms with Gasteiger partial charge >= 0.3 is 5.97 Å². The zero-order valence-corrected chi connectivity index (χ0v) is 14.4. The lowest BCUT2D eigenvalue weighted by Crippen LogP contribution is -2.14. The SMILES string of the molecule is CC(=O)Nc1cccc(C(=O)O[C@H](C)c2nc(C(C)(C)C)no2)c1. The summed E-state index contributed by atoms with van der Waals surface area (Å²) in [4.78, 5) is 27.6. The second-order valence-electron chi connectivity index (χ2n) is 6.52. The number of esters is 1. The van der Waals surface area contributed by atoms with E-state index in [-0.39, 0.29) is 17.2 Å². The van der Waals surface area contributed by atoms with Crippen LogP contribution in [0.2, 0.25) is 0 Å². The number of aromatic nitrogens is 2. The maximum atomic E-state index is 12.2. The molecule has 24 heavy (non-hydrogen) atoms. The van der Waals surface area contributed by atoms with E-state index in [0.717, 1.165) is 0 Å². The molecule has 1 aromatic heterocycles. The minimum Gasteiger partial charge on any atom is -0.449 e. The Morgan fingerprint density at radius 1 is 1.29 bits per heavy atom. The number of nitrogens with zero attached hydrogens (tertiary/aromatic N) is 2. The van der Waals surface area contributed by atoms with Crippen molar-refractivity contribution in [3.8, 4) is 0 Å². The van der Waals surface area contributed by atoms with E-state index >= 15 is 0 Å². The fraction of sp³-hybridized carbons (Fsp3) is 0.412. The molecule has 1 aromatic carbocycles. The molecule has 0 aliphatic heterocycles. The number of hydrogen-bond acceptors (Lipinski definition) is 6. The second kappa shape index (κ2) is 6.82. The molecule has 1 atom stereocenters. The van der Waals surface area contributed by atoms with Gasteiger partial charge in [0.15, 0.2) is 11.9 Å². The van der Waals surface area contributed by atoms with Gasteiger partial charge < -0.3 is 14.6 Å². The quantitative estimate of drug-likeness (QED) is 0.864. The van der Waals surface area contributed by atoms with Crippen LogP contribution in [0.15, 0.2) is 28.8 Å². The van der Waals surface area contributed by atoms with Crippen LogP contribution in [-0.2, 0) is 14.9 Å². The Morgan fingerprint density at radius 2 is 2.00 bits per heavy atom. The van der Waals surface area contributed by atoms with E-state index in [1.165, 1.54) is 6.92 Å². The number of benzene rings is 1. The molecule has 0 saturated heterocycles. The molecule has 0 aliphatic rings. The van der Waals surface area contributed by atoms with Gasteiger partial charge in [0.25, 0.3) is 5.89 Å². The van der Waals surface area contributed by atoms with Crippen molar-refractivity contribution in [2.45, 2.75) is 46.1 Å². The molecule has 0 unspecified atom stereocenters. The molecule has 2 aromatic rings. The Morgan fingerprint density at radius 3 is 2.58 bits per heavy atom. The molecule has 7 nitrogen and oxygen atoms in total. The van der Waals surface area contributed by atoms with E-state index in [0.29, 0.717) is 17.1 Å². The van der Waals surface area contributed by atoms with Crippen LogP contribution < -0.4 is 5.32 Å². The van der Waals surface area contributed by atoms with Gasteiger partial charge in [-0.25, -0.2) is 4.79 Å². The molecule has 0 radical (unpaired) electrons. The minimum absolute atomic E-state index is 0.213. The van der Waals surface area contributed by atoms with Gasteiger partial charge in [-0.2, -0.15) is 4.98 Å². The summed E-state index contributed by atoms with van der Waals surface area (Å²) >= 11 is 0. The number of ether oxygens (including phenoxy) is 1. The van der Waals surface area contributed by atoms with Crippen molar-refractivity contribution < 1.29 is 18.8 Å². The smallest absolute Gasteiger partial charge is 0.338 e. The Bertz CT molecular complexity index is 746. The molecule has 0 fully saturated rings. The number of carbonyl (C=O) groups is 2. The number of hydrogen-bond donors (Lipinski definition) is 1. The van der Waals surface area contributed by atoms with Gasteiger partial charge in [0.1, 0.15) is 0 Å². The zero-order chi connectivity index (χ0) is 17.9. The molecule has 0 bridgehead atoms. The maximum Gasteiger partial charge on any atom is 0.338 e. The Balaban J connectivity index is 2.09. The maximum absolute atomic E-state index is 12.2. The van der Waals surface area contributed by atoms with Crippen molar-refractivity contribution in [3.05, 3.63) is 41.5 Å². The third kappa shape index (κ3) is 4.41. The number of nitrogens with one attached hydrogen (secondary N) is 1. The third-order valence-corrected chi connectivity index (χ3v) is 3.16. The molecule has 0 saturated carbocycles. The molecular weight excluding hydrogens is 310 g/mol. The average Bonchev–Trinajstić information content (AvgIpc) is 2.96. The monoisotopic (exact) mass is 331 g/mol. The van der Waals surface area contributed by atoms with Crippen LogP contribution in [-0.4, -0.2) is 22.0 Å². The lowest BCUT2D eigenvalue weighted by molar-refractivity contribution is -0.114. The van der Waals surface area contributed by atoms with Crippen molar-refractivity contribution >= 4 is 17.6 Å². The Labute approximate surface area is 140 Å². The normalized spacial score (nSPS) is 12.5. The molecule has 1 amide bonds. The molecule has 0 aliphatic carbocycles. The molecule has 1 N–H and O–H groups in total. The Kier molecular flexibility index (Phi) is 5.02. The van der Waals surface area contributed by atoms with Crippen molar-refractivity contribution in [2.75, 3.05) is 5.32 Å². The topological polar surface area (TPSA) is 94.3 Å². The summed E-state index contributed by atoms with van der Waals surface area (Å²) in [6.07, 6.45) is -0.675. The predicted molar refractivity (Wildman–Crippen MR) is 87.6 cm³/mol. The molecule has 1 heterocycles. The lowest BCUT2D eigenvalue weighted by atomic mass is 9.96. The summed E-state index contributed by atoms with van der Waals surface area (Å²) in [5.74, 6) is 0.0408. The molecule has 128 valence electrons.